The van der Waals surface area contributed by atoms with Crippen LogP contribution in [0.2, 0.25) is 5.02 Å². The number of ether oxygens (including phenoxy) is 1. The third-order valence-corrected chi connectivity index (χ3v) is 5.52. The normalized spacial score (nSPS) is 11.0. The van der Waals surface area contributed by atoms with Crippen molar-refractivity contribution in [1.29, 1.82) is 0 Å². The molecule has 2 N–H and O–H groups in total. The van der Waals surface area contributed by atoms with E-state index in [9.17, 15) is 15.0 Å². The summed E-state index contributed by atoms with van der Waals surface area (Å²) in [5, 5.41) is 20.9. The van der Waals surface area contributed by atoms with Crippen molar-refractivity contribution in [2.75, 3.05) is 38.2 Å². The van der Waals surface area contributed by atoms with E-state index >= 15 is 0 Å². The molecule has 1 amide bonds. The predicted octanol–water partition coefficient (Wildman–Crippen LogP) is 5.27. The fourth-order valence-electron chi connectivity index (χ4n) is 3.47. The summed E-state index contributed by atoms with van der Waals surface area (Å²) in [5.74, 6) is 2.48. The number of hydrogen-bond donors (Lipinski definition) is 2. The average Bonchev–Trinajstić information content (AvgIpc) is 2.75. The van der Waals surface area contributed by atoms with Crippen molar-refractivity contribution in [3.05, 3.63) is 46.5 Å². The number of amides is 1. The average molecular weight is 473 g/mol. The highest BCUT2D eigenvalue weighted by molar-refractivity contribution is 6.32. The zero-order valence-electron chi connectivity index (χ0n) is 19.8. The van der Waals surface area contributed by atoms with Gasteiger partial charge in [-0.05, 0) is 55.6 Å². The SMILES string of the molecule is C#CCN(C)CCCOc1ccc(N(CCC)C(=O)c2cc(C(C)C)c(O)cc2O)cc1Cl. The number of halogens is 1. The lowest BCUT2D eigenvalue weighted by atomic mass is 9.98. The maximum atomic E-state index is 13.4. The van der Waals surface area contributed by atoms with Gasteiger partial charge < -0.3 is 19.8 Å². The van der Waals surface area contributed by atoms with Crippen molar-refractivity contribution in [3.8, 4) is 29.6 Å². The number of aromatic hydroxyl groups is 2. The van der Waals surface area contributed by atoms with Gasteiger partial charge in [0, 0.05) is 24.8 Å². The first kappa shape index (κ1) is 26.4. The Hall–Kier alpha value is -2.88. The molecular formula is C26H33ClN2O4. The smallest absolute Gasteiger partial charge is 0.262 e. The molecule has 6 nitrogen and oxygen atoms in total. The van der Waals surface area contributed by atoms with Gasteiger partial charge in [0.2, 0.25) is 0 Å². The Balaban J connectivity index is 2.21. The molecule has 0 radical (unpaired) electrons. The second kappa shape index (κ2) is 12.4. The van der Waals surface area contributed by atoms with E-state index in [1.54, 1.807) is 29.2 Å². The van der Waals surface area contributed by atoms with E-state index in [0.29, 0.717) is 48.1 Å². The number of hydrogen-bond acceptors (Lipinski definition) is 5. The van der Waals surface area contributed by atoms with E-state index in [2.05, 4.69) is 5.92 Å². The molecule has 0 fully saturated rings. The van der Waals surface area contributed by atoms with Crippen molar-refractivity contribution in [1.82, 2.24) is 4.90 Å². The monoisotopic (exact) mass is 472 g/mol. The van der Waals surface area contributed by atoms with E-state index in [4.69, 9.17) is 22.8 Å². The molecule has 0 unspecified atom stereocenters. The molecule has 2 aromatic carbocycles. The van der Waals surface area contributed by atoms with Crippen LogP contribution < -0.4 is 9.64 Å². The van der Waals surface area contributed by atoms with Gasteiger partial charge in [0.1, 0.15) is 17.2 Å². The van der Waals surface area contributed by atoms with Crippen molar-refractivity contribution in [2.24, 2.45) is 0 Å². The fourth-order valence-corrected chi connectivity index (χ4v) is 3.70. The minimum atomic E-state index is -0.363. The lowest BCUT2D eigenvalue weighted by Gasteiger charge is -2.24. The molecule has 0 spiro atoms. The molecule has 0 saturated heterocycles. The number of phenols is 2. The molecule has 2 rings (SSSR count). The van der Waals surface area contributed by atoms with Crippen LogP contribution in [0.25, 0.3) is 0 Å². The van der Waals surface area contributed by atoms with Crippen LogP contribution in [0.5, 0.6) is 17.2 Å². The number of benzene rings is 2. The third-order valence-electron chi connectivity index (χ3n) is 5.22. The molecule has 0 aliphatic rings. The van der Waals surface area contributed by atoms with Crippen LogP contribution in [0.15, 0.2) is 30.3 Å². The Morgan fingerprint density at radius 2 is 1.91 bits per heavy atom. The number of carbonyl (C=O) groups excluding carboxylic acids is 1. The van der Waals surface area contributed by atoms with E-state index < -0.39 is 0 Å². The van der Waals surface area contributed by atoms with E-state index in [-0.39, 0.29) is 28.9 Å². The lowest BCUT2D eigenvalue weighted by molar-refractivity contribution is 0.0984. The molecule has 0 heterocycles. The number of phenolic OH excluding ortho intramolecular Hbond substituents is 2. The highest BCUT2D eigenvalue weighted by atomic mass is 35.5. The highest BCUT2D eigenvalue weighted by Crippen LogP contribution is 2.35. The topological polar surface area (TPSA) is 73.2 Å². The Kier molecular flexibility index (Phi) is 9.90. The van der Waals surface area contributed by atoms with E-state index in [1.165, 1.54) is 6.07 Å². The summed E-state index contributed by atoms with van der Waals surface area (Å²) in [6, 6.07) is 7.99. The highest BCUT2D eigenvalue weighted by Gasteiger charge is 2.23. The predicted molar refractivity (Wildman–Crippen MR) is 134 cm³/mol. The van der Waals surface area contributed by atoms with Crippen LogP contribution in [0, 0.1) is 12.3 Å². The number of anilines is 1. The van der Waals surface area contributed by atoms with E-state index in [0.717, 1.165) is 13.0 Å². The maximum absolute atomic E-state index is 13.4. The lowest BCUT2D eigenvalue weighted by Crippen LogP contribution is -2.31. The second-order valence-electron chi connectivity index (χ2n) is 8.30. The van der Waals surface area contributed by atoms with Gasteiger partial charge in [-0.15, -0.1) is 6.42 Å². The summed E-state index contributed by atoms with van der Waals surface area (Å²) in [5.41, 5.74) is 1.34. The molecule has 0 bridgehead atoms. The molecule has 178 valence electrons. The van der Waals surface area contributed by atoms with Gasteiger partial charge in [-0.1, -0.05) is 38.3 Å². The van der Waals surface area contributed by atoms with Crippen molar-refractivity contribution >= 4 is 23.2 Å². The quantitative estimate of drug-likeness (QED) is 0.344. The van der Waals surface area contributed by atoms with Crippen LogP contribution in [0.1, 0.15) is 55.5 Å². The summed E-state index contributed by atoms with van der Waals surface area (Å²) < 4.78 is 5.80. The van der Waals surface area contributed by atoms with Crippen molar-refractivity contribution < 1.29 is 19.7 Å². The number of rotatable bonds is 11. The Bertz CT molecular complexity index is 1000. The molecular weight excluding hydrogens is 440 g/mol. The van der Waals surface area contributed by atoms with Gasteiger partial charge in [0.05, 0.1) is 23.7 Å². The first-order valence-electron chi connectivity index (χ1n) is 11.1. The summed E-state index contributed by atoms with van der Waals surface area (Å²) in [7, 11) is 1.96. The molecule has 0 atom stereocenters. The van der Waals surface area contributed by atoms with Gasteiger partial charge in [-0.2, -0.15) is 0 Å². The summed E-state index contributed by atoms with van der Waals surface area (Å²) >= 11 is 6.45. The molecule has 0 aliphatic carbocycles. The largest absolute Gasteiger partial charge is 0.508 e. The molecule has 0 aromatic heterocycles. The number of nitrogens with zero attached hydrogens (tertiary/aromatic N) is 2. The van der Waals surface area contributed by atoms with Crippen LogP contribution in [0.3, 0.4) is 0 Å². The summed E-state index contributed by atoms with van der Waals surface area (Å²) in [4.78, 5) is 17.0. The van der Waals surface area contributed by atoms with Gasteiger partial charge in [0.25, 0.3) is 5.91 Å². The number of carbonyl (C=O) groups is 1. The first-order valence-corrected chi connectivity index (χ1v) is 11.5. The van der Waals surface area contributed by atoms with Gasteiger partial charge in [-0.3, -0.25) is 9.69 Å². The van der Waals surface area contributed by atoms with Crippen LogP contribution in [-0.4, -0.2) is 54.3 Å². The molecule has 0 saturated carbocycles. The molecule has 2 aromatic rings. The van der Waals surface area contributed by atoms with Gasteiger partial charge in [0.15, 0.2) is 0 Å². The van der Waals surface area contributed by atoms with Crippen molar-refractivity contribution in [3.63, 3.8) is 0 Å². The van der Waals surface area contributed by atoms with Crippen LogP contribution in [-0.2, 0) is 0 Å². The Morgan fingerprint density at radius 3 is 2.52 bits per heavy atom. The van der Waals surface area contributed by atoms with Crippen LogP contribution in [0.4, 0.5) is 5.69 Å². The van der Waals surface area contributed by atoms with Crippen LogP contribution >= 0.6 is 11.6 Å². The third kappa shape index (κ3) is 7.05. The zero-order chi connectivity index (χ0) is 24.5. The standard InChI is InChI=1S/C26H33ClN2O4/c1-6-11-28(5)13-8-14-33-25-10-9-19(15-22(25)27)29(12-7-2)26(32)21-16-20(18(3)4)23(30)17-24(21)31/h1,9-10,15-18,30-31H,7-8,11-14H2,2-5H3. The molecule has 0 aliphatic heterocycles. The Labute approximate surface area is 201 Å². The zero-order valence-corrected chi connectivity index (χ0v) is 20.5. The van der Waals surface area contributed by atoms with Gasteiger partial charge in [-0.25, -0.2) is 0 Å². The van der Waals surface area contributed by atoms with Crippen molar-refractivity contribution in [2.45, 2.75) is 39.5 Å². The van der Waals surface area contributed by atoms with Gasteiger partial charge >= 0.3 is 0 Å². The molecule has 7 heteroatoms. The second-order valence-corrected chi connectivity index (χ2v) is 8.71. The first-order chi connectivity index (χ1) is 15.7. The number of terminal acetylenes is 1. The minimum Gasteiger partial charge on any atom is -0.508 e. The fraction of sp³-hybridized carbons (Fsp3) is 0.423. The summed E-state index contributed by atoms with van der Waals surface area (Å²) in [6.45, 7) is 8.12. The Morgan fingerprint density at radius 1 is 1.18 bits per heavy atom. The minimum absolute atomic E-state index is 0.00555. The van der Waals surface area contributed by atoms with E-state index in [1.807, 2.05) is 32.7 Å². The molecule has 33 heavy (non-hydrogen) atoms. The maximum Gasteiger partial charge on any atom is 0.262 e. The summed E-state index contributed by atoms with van der Waals surface area (Å²) in [6.07, 6.45) is 6.82.